The molecule has 0 unspecified atom stereocenters. The van der Waals surface area contributed by atoms with E-state index >= 15 is 0 Å². The summed E-state index contributed by atoms with van der Waals surface area (Å²) in [6.07, 6.45) is -10.7. The molecule has 1 aliphatic heterocycles. The standard InChI is InChI=1S/C19H14F6N4O5S/c1-10(30)26-12-5-7-14(8-6-12)35(33,34)28-17(19(23,24)25)15(31)29(16(32)27-17)13-4-2-3-11(9-13)18(20,21)22/h2-9,28H,1H3,(H,26,30)(H,27,32)/t17-/m0/s1. The Labute approximate surface area is 193 Å². The molecule has 1 aliphatic rings. The van der Waals surface area contributed by atoms with Gasteiger partial charge in [-0.3, -0.25) is 9.59 Å². The van der Waals surface area contributed by atoms with Crippen molar-refractivity contribution in [1.82, 2.24) is 10.0 Å². The van der Waals surface area contributed by atoms with E-state index in [4.69, 9.17) is 0 Å². The summed E-state index contributed by atoms with van der Waals surface area (Å²) >= 11 is 0. The lowest BCUT2D eigenvalue weighted by molar-refractivity contribution is -0.194. The van der Waals surface area contributed by atoms with Gasteiger partial charge in [-0.25, -0.2) is 18.1 Å². The number of rotatable bonds is 5. The van der Waals surface area contributed by atoms with Crippen LogP contribution in [0.5, 0.6) is 0 Å². The zero-order valence-corrected chi connectivity index (χ0v) is 18.1. The molecule has 0 spiro atoms. The summed E-state index contributed by atoms with van der Waals surface area (Å²) in [7, 11) is -5.15. The second-order valence-corrected chi connectivity index (χ2v) is 8.86. The van der Waals surface area contributed by atoms with Crippen LogP contribution in [0.4, 0.5) is 42.5 Å². The Morgan fingerprint density at radius 2 is 1.60 bits per heavy atom. The maximum Gasteiger partial charge on any atom is 0.435 e. The van der Waals surface area contributed by atoms with E-state index in [0.29, 0.717) is 6.07 Å². The van der Waals surface area contributed by atoms with E-state index in [1.165, 1.54) is 5.32 Å². The first-order valence-corrected chi connectivity index (χ1v) is 10.8. The molecule has 35 heavy (non-hydrogen) atoms. The largest absolute Gasteiger partial charge is 0.435 e. The topological polar surface area (TPSA) is 125 Å². The first-order chi connectivity index (χ1) is 16.0. The summed E-state index contributed by atoms with van der Waals surface area (Å²) in [5, 5.41) is 3.52. The SMILES string of the molecule is CC(=O)Nc1ccc(S(=O)(=O)N[C@@]2(C(F)(F)F)NC(=O)N(c3cccc(C(F)(F)F)c3)C2=O)cc1. The molecular weight excluding hydrogens is 510 g/mol. The van der Waals surface area contributed by atoms with Gasteiger partial charge in [0, 0.05) is 12.6 Å². The maximum atomic E-state index is 14.0. The Kier molecular flexibility index (Phi) is 6.32. The van der Waals surface area contributed by atoms with Gasteiger partial charge in [0.2, 0.25) is 15.9 Å². The van der Waals surface area contributed by atoms with Crippen molar-refractivity contribution >= 4 is 39.2 Å². The van der Waals surface area contributed by atoms with Gasteiger partial charge in [-0.2, -0.15) is 31.1 Å². The molecule has 16 heteroatoms. The zero-order valence-electron chi connectivity index (χ0n) is 17.3. The summed E-state index contributed by atoms with van der Waals surface area (Å²) in [5.74, 6) is -2.73. The van der Waals surface area contributed by atoms with E-state index in [2.05, 4.69) is 5.32 Å². The number of hydrogen-bond donors (Lipinski definition) is 3. The van der Waals surface area contributed by atoms with Crippen LogP contribution in [0, 0.1) is 0 Å². The van der Waals surface area contributed by atoms with Crippen LogP contribution < -0.4 is 20.3 Å². The number of sulfonamides is 1. The fraction of sp³-hybridized carbons (Fsp3) is 0.211. The van der Waals surface area contributed by atoms with Crippen LogP contribution in [0.1, 0.15) is 12.5 Å². The van der Waals surface area contributed by atoms with Crippen LogP contribution in [0.3, 0.4) is 0 Å². The lowest BCUT2D eigenvalue weighted by Gasteiger charge is -2.29. The average molecular weight is 524 g/mol. The third kappa shape index (κ3) is 4.93. The number of carbonyl (C=O) groups excluding carboxylic acids is 3. The molecule has 3 rings (SSSR count). The van der Waals surface area contributed by atoms with Crippen LogP contribution in [0.2, 0.25) is 0 Å². The molecule has 0 aliphatic carbocycles. The lowest BCUT2D eigenvalue weighted by atomic mass is 10.1. The number of halogens is 6. The molecule has 9 nitrogen and oxygen atoms in total. The van der Waals surface area contributed by atoms with Gasteiger partial charge in [-0.1, -0.05) is 6.07 Å². The van der Waals surface area contributed by atoms with E-state index in [1.54, 1.807) is 0 Å². The van der Waals surface area contributed by atoms with E-state index in [0.717, 1.165) is 48.0 Å². The van der Waals surface area contributed by atoms with Crippen molar-refractivity contribution < 1.29 is 49.1 Å². The number of urea groups is 1. The van der Waals surface area contributed by atoms with Crippen LogP contribution in [-0.4, -0.2) is 38.1 Å². The van der Waals surface area contributed by atoms with Crippen LogP contribution in [0.15, 0.2) is 53.4 Å². The monoisotopic (exact) mass is 524 g/mol. The van der Waals surface area contributed by atoms with E-state index in [1.807, 2.05) is 0 Å². The summed E-state index contributed by atoms with van der Waals surface area (Å²) < 4.78 is 108. The summed E-state index contributed by atoms with van der Waals surface area (Å²) in [4.78, 5) is 35.2. The van der Waals surface area contributed by atoms with E-state index < -0.39 is 62.0 Å². The number of benzene rings is 2. The molecule has 0 saturated carbocycles. The predicted octanol–water partition coefficient (Wildman–Crippen LogP) is 2.96. The molecule has 4 amide bonds. The van der Waals surface area contributed by atoms with Crippen molar-refractivity contribution in [2.24, 2.45) is 0 Å². The van der Waals surface area contributed by atoms with Gasteiger partial charge >= 0.3 is 18.4 Å². The number of imide groups is 1. The lowest BCUT2D eigenvalue weighted by Crippen LogP contribution is -2.69. The third-order valence-corrected chi connectivity index (χ3v) is 6.12. The van der Waals surface area contributed by atoms with E-state index in [9.17, 15) is 49.1 Å². The Hall–Kier alpha value is -3.66. The molecule has 2 aromatic rings. The van der Waals surface area contributed by atoms with Gasteiger partial charge in [0.25, 0.3) is 11.6 Å². The normalized spacial score (nSPS) is 19.0. The molecule has 0 bridgehead atoms. The number of nitrogens with zero attached hydrogens (tertiary/aromatic N) is 1. The number of hydrogen-bond acceptors (Lipinski definition) is 5. The van der Waals surface area contributed by atoms with Gasteiger partial charge in [-0.15, -0.1) is 0 Å². The van der Waals surface area contributed by atoms with Gasteiger partial charge in [-0.05, 0) is 42.5 Å². The smallest absolute Gasteiger partial charge is 0.326 e. The molecule has 0 radical (unpaired) electrons. The molecule has 1 atom stereocenters. The Morgan fingerprint density at radius 1 is 1.00 bits per heavy atom. The number of nitrogens with one attached hydrogen (secondary N) is 3. The van der Waals surface area contributed by atoms with Gasteiger partial charge in [0.1, 0.15) is 0 Å². The Morgan fingerprint density at radius 3 is 2.11 bits per heavy atom. The first kappa shape index (κ1) is 26.0. The van der Waals surface area contributed by atoms with Crippen LogP contribution >= 0.6 is 0 Å². The molecule has 0 aromatic heterocycles. The fourth-order valence-corrected chi connectivity index (χ4v) is 4.36. The minimum Gasteiger partial charge on any atom is -0.326 e. The molecule has 1 fully saturated rings. The first-order valence-electron chi connectivity index (χ1n) is 9.30. The summed E-state index contributed by atoms with van der Waals surface area (Å²) in [6.45, 7) is 1.16. The van der Waals surface area contributed by atoms with Gasteiger partial charge in [0.15, 0.2) is 0 Å². The van der Waals surface area contributed by atoms with Crippen molar-refractivity contribution in [1.29, 1.82) is 0 Å². The van der Waals surface area contributed by atoms with Crippen molar-refractivity contribution in [3.63, 3.8) is 0 Å². The summed E-state index contributed by atoms with van der Waals surface area (Å²) in [5.41, 5.74) is -6.33. The second kappa shape index (κ2) is 8.53. The third-order valence-electron chi connectivity index (χ3n) is 4.65. The maximum absolute atomic E-state index is 14.0. The van der Waals surface area contributed by atoms with E-state index in [-0.39, 0.29) is 16.7 Å². The molecule has 2 aromatic carbocycles. The highest BCUT2D eigenvalue weighted by molar-refractivity contribution is 7.89. The highest BCUT2D eigenvalue weighted by Gasteiger charge is 2.70. The number of carbonyl (C=O) groups is 3. The number of alkyl halides is 6. The van der Waals surface area contributed by atoms with Crippen molar-refractivity contribution in [3.05, 3.63) is 54.1 Å². The van der Waals surface area contributed by atoms with Gasteiger partial charge in [0.05, 0.1) is 16.1 Å². The molecule has 1 saturated heterocycles. The number of amides is 4. The molecular formula is C19H14F6N4O5S. The highest BCUT2D eigenvalue weighted by Crippen LogP contribution is 2.38. The minimum atomic E-state index is -5.75. The van der Waals surface area contributed by atoms with Crippen LogP contribution in [0.25, 0.3) is 0 Å². The van der Waals surface area contributed by atoms with Gasteiger partial charge < -0.3 is 10.6 Å². The molecule has 1 heterocycles. The predicted molar refractivity (Wildman–Crippen MR) is 107 cm³/mol. The Bertz CT molecular complexity index is 1290. The molecule has 188 valence electrons. The van der Waals surface area contributed by atoms with Crippen molar-refractivity contribution in [2.75, 3.05) is 10.2 Å². The second-order valence-electron chi connectivity index (χ2n) is 7.18. The minimum absolute atomic E-state index is 0.114. The average Bonchev–Trinajstić information content (AvgIpc) is 2.97. The Balaban J connectivity index is 2.02. The van der Waals surface area contributed by atoms with Crippen LogP contribution in [-0.2, 0) is 25.8 Å². The number of anilines is 2. The fourth-order valence-electron chi connectivity index (χ4n) is 3.09. The summed E-state index contributed by atoms with van der Waals surface area (Å²) in [6, 6.07) is 4.30. The van der Waals surface area contributed by atoms with Crippen molar-refractivity contribution in [2.45, 2.75) is 29.8 Å². The quantitative estimate of drug-likeness (QED) is 0.410. The van der Waals surface area contributed by atoms with Crippen molar-refractivity contribution in [3.8, 4) is 0 Å². The zero-order chi connectivity index (χ0) is 26.4. The molecule has 3 N–H and O–H groups in total. The highest BCUT2D eigenvalue weighted by atomic mass is 32.2.